The summed E-state index contributed by atoms with van der Waals surface area (Å²) in [6, 6.07) is 14.2. The number of amides is 1. The van der Waals surface area contributed by atoms with E-state index in [1.54, 1.807) is 24.3 Å². The molecule has 6 heteroatoms. The van der Waals surface area contributed by atoms with Crippen molar-refractivity contribution >= 4 is 11.6 Å². The van der Waals surface area contributed by atoms with Crippen LogP contribution in [0.4, 0.5) is 5.69 Å². The first kappa shape index (κ1) is 18.2. The lowest BCUT2D eigenvalue weighted by atomic mass is 9.94. The summed E-state index contributed by atoms with van der Waals surface area (Å²) in [4.78, 5) is 12.2. The zero-order valence-corrected chi connectivity index (χ0v) is 14.9. The van der Waals surface area contributed by atoms with Crippen molar-refractivity contribution in [1.82, 2.24) is 5.32 Å². The number of aromatic hydroxyl groups is 1. The number of β-amino-alcohol motifs (C(OH)–C–C–N with tert-alkyl or cyclic N) is 1. The third kappa shape index (κ3) is 4.33. The standard InChI is InChI=1S/C20H24N2O4/c1-20(2,11-13-7-9-14(23)10-8-13)21-12-16(24)18-19(25)22-15-5-3-4-6-17(15)26-18/h3-10,16,18,21,23-24H,11-12H2,1-2H3,(H,22,25). The number of rotatable bonds is 6. The molecule has 0 aromatic heterocycles. The van der Waals surface area contributed by atoms with Crippen molar-refractivity contribution in [3.05, 3.63) is 54.1 Å². The number of aliphatic hydroxyl groups is 1. The van der Waals surface area contributed by atoms with Crippen LogP contribution < -0.4 is 15.4 Å². The molecule has 1 amide bonds. The van der Waals surface area contributed by atoms with Gasteiger partial charge in [-0.15, -0.1) is 0 Å². The van der Waals surface area contributed by atoms with Crippen molar-refractivity contribution < 1.29 is 19.7 Å². The highest BCUT2D eigenvalue weighted by molar-refractivity contribution is 5.98. The number of nitrogens with one attached hydrogen (secondary N) is 2. The van der Waals surface area contributed by atoms with Gasteiger partial charge in [-0.2, -0.15) is 0 Å². The summed E-state index contributed by atoms with van der Waals surface area (Å²) in [7, 11) is 0. The summed E-state index contributed by atoms with van der Waals surface area (Å²) >= 11 is 0. The van der Waals surface area contributed by atoms with E-state index in [1.807, 2.05) is 38.1 Å². The minimum atomic E-state index is -0.984. The molecule has 26 heavy (non-hydrogen) atoms. The molecule has 0 fully saturated rings. The van der Waals surface area contributed by atoms with Crippen molar-refractivity contribution in [2.45, 2.75) is 38.0 Å². The van der Waals surface area contributed by atoms with E-state index < -0.39 is 12.2 Å². The topological polar surface area (TPSA) is 90.8 Å². The Balaban J connectivity index is 1.58. The van der Waals surface area contributed by atoms with Gasteiger partial charge in [0.1, 0.15) is 17.6 Å². The van der Waals surface area contributed by atoms with Crippen molar-refractivity contribution in [3.63, 3.8) is 0 Å². The Labute approximate surface area is 152 Å². The van der Waals surface area contributed by atoms with Crippen molar-refractivity contribution in [1.29, 1.82) is 0 Å². The summed E-state index contributed by atoms with van der Waals surface area (Å²) in [5.74, 6) is 0.435. The number of benzene rings is 2. The number of ether oxygens (including phenoxy) is 1. The Morgan fingerprint density at radius 3 is 2.62 bits per heavy atom. The Hall–Kier alpha value is -2.57. The van der Waals surface area contributed by atoms with Crippen LogP contribution in [-0.4, -0.2) is 40.4 Å². The maximum absolute atomic E-state index is 12.2. The summed E-state index contributed by atoms with van der Waals surface area (Å²) in [6.45, 7) is 4.25. The van der Waals surface area contributed by atoms with Gasteiger partial charge < -0.3 is 25.6 Å². The highest BCUT2D eigenvalue weighted by atomic mass is 16.5. The van der Waals surface area contributed by atoms with E-state index >= 15 is 0 Å². The fraction of sp³-hybridized carbons (Fsp3) is 0.350. The lowest BCUT2D eigenvalue weighted by molar-refractivity contribution is -0.128. The van der Waals surface area contributed by atoms with Gasteiger partial charge in [0.25, 0.3) is 5.91 Å². The zero-order valence-electron chi connectivity index (χ0n) is 14.9. The van der Waals surface area contributed by atoms with E-state index in [4.69, 9.17) is 4.74 Å². The predicted octanol–water partition coefficient (Wildman–Crippen LogP) is 2.06. The molecular formula is C20H24N2O4. The number of carbonyl (C=O) groups excluding carboxylic acids is 1. The molecule has 1 aliphatic heterocycles. The number of fused-ring (bicyclic) bond motifs is 1. The number of hydrogen-bond donors (Lipinski definition) is 4. The zero-order chi connectivity index (χ0) is 18.7. The summed E-state index contributed by atoms with van der Waals surface area (Å²) < 4.78 is 5.67. The Bertz CT molecular complexity index is 774. The Morgan fingerprint density at radius 2 is 1.88 bits per heavy atom. The van der Waals surface area contributed by atoms with Gasteiger partial charge >= 0.3 is 0 Å². The molecular weight excluding hydrogens is 332 g/mol. The molecule has 0 saturated carbocycles. The molecule has 2 aromatic carbocycles. The lowest BCUT2D eigenvalue weighted by Crippen LogP contribution is -2.53. The molecule has 6 nitrogen and oxygen atoms in total. The van der Waals surface area contributed by atoms with Gasteiger partial charge in [0.05, 0.1) is 5.69 Å². The number of phenolic OH excluding ortho intramolecular Hbond substituents is 1. The average Bonchev–Trinajstić information content (AvgIpc) is 2.61. The fourth-order valence-electron chi connectivity index (χ4n) is 2.99. The Kier molecular flexibility index (Phi) is 5.15. The second-order valence-corrected chi connectivity index (χ2v) is 7.20. The predicted molar refractivity (Wildman–Crippen MR) is 99.4 cm³/mol. The lowest BCUT2D eigenvalue weighted by Gasteiger charge is -2.32. The maximum atomic E-state index is 12.2. The van der Waals surface area contributed by atoms with E-state index in [2.05, 4.69) is 10.6 Å². The smallest absolute Gasteiger partial charge is 0.268 e. The SMILES string of the molecule is CC(C)(Cc1ccc(O)cc1)NCC(O)C1Oc2ccccc2NC1=O. The van der Waals surface area contributed by atoms with Crippen molar-refractivity contribution in [3.8, 4) is 11.5 Å². The molecule has 2 unspecified atom stereocenters. The third-order valence-electron chi connectivity index (χ3n) is 4.38. The van der Waals surface area contributed by atoms with Gasteiger partial charge in [-0.25, -0.2) is 0 Å². The molecule has 3 rings (SSSR count). The van der Waals surface area contributed by atoms with Crippen LogP contribution in [0.5, 0.6) is 11.5 Å². The van der Waals surface area contributed by atoms with Crippen LogP contribution in [-0.2, 0) is 11.2 Å². The van der Waals surface area contributed by atoms with Crippen LogP contribution in [0.3, 0.4) is 0 Å². The van der Waals surface area contributed by atoms with Gasteiger partial charge in [-0.05, 0) is 50.1 Å². The second-order valence-electron chi connectivity index (χ2n) is 7.20. The largest absolute Gasteiger partial charge is 0.508 e. The molecule has 0 aliphatic carbocycles. The first-order valence-corrected chi connectivity index (χ1v) is 8.62. The molecule has 0 bridgehead atoms. The van der Waals surface area contributed by atoms with E-state index in [0.717, 1.165) is 5.56 Å². The average molecular weight is 356 g/mol. The molecule has 1 heterocycles. The van der Waals surface area contributed by atoms with Gasteiger partial charge in [0.15, 0.2) is 0 Å². The van der Waals surface area contributed by atoms with E-state index in [9.17, 15) is 15.0 Å². The fourth-order valence-corrected chi connectivity index (χ4v) is 2.99. The number of aliphatic hydroxyl groups excluding tert-OH is 1. The molecule has 2 atom stereocenters. The molecule has 4 N–H and O–H groups in total. The number of phenols is 1. The van der Waals surface area contributed by atoms with Crippen LogP contribution in [0.2, 0.25) is 0 Å². The summed E-state index contributed by atoms with van der Waals surface area (Å²) in [6.07, 6.45) is -1.23. The monoisotopic (exact) mass is 356 g/mol. The maximum Gasteiger partial charge on any atom is 0.268 e. The summed E-state index contributed by atoms with van der Waals surface area (Å²) in [5.41, 5.74) is 1.37. The van der Waals surface area contributed by atoms with Gasteiger partial charge in [-0.3, -0.25) is 4.79 Å². The Morgan fingerprint density at radius 1 is 1.19 bits per heavy atom. The molecule has 0 spiro atoms. The molecule has 0 saturated heterocycles. The third-order valence-corrected chi connectivity index (χ3v) is 4.38. The van der Waals surface area contributed by atoms with E-state index in [-0.39, 0.29) is 23.7 Å². The van der Waals surface area contributed by atoms with E-state index in [0.29, 0.717) is 17.9 Å². The van der Waals surface area contributed by atoms with Crippen LogP contribution in [0.25, 0.3) is 0 Å². The van der Waals surface area contributed by atoms with Crippen LogP contribution in [0, 0.1) is 0 Å². The molecule has 138 valence electrons. The van der Waals surface area contributed by atoms with Crippen LogP contribution in [0.15, 0.2) is 48.5 Å². The van der Waals surface area contributed by atoms with Crippen molar-refractivity contribution in [2.75, 3.05) is 11.9 Å². The van der Waals surface area contributed by atoms with Crippen LogP contribution >= 0.6 is 0 Å². The summed E-state index contributed by atoms with van der Waals surface area (Å²) in [5, 5.41) is 25.9. The number of para-hydroxylation sites is 2. The molecule has 2 aromatic rings. The first-order valence-electron chi connectivity index (χ1n) is 8.62. The van der Waals surface area contributed by atoms with Gasteiger partial charge in [-0.1, -0.05) is 24.3 Å². The molecule has 0 radical (unpaired) electrons. The van der Waals surface area contributed by atoms with Crippen molar-refractivity contribution in [2.24, 2.45) is 0 Å². The quantitative estimate of drug-likeness (QED) is 0.636. The van der Waals surface area contributed by atoms with Gasteiger partial charge in [0, 0.05) is 12.1 Å². The number of hydrogen-bond acceptors (Lipinski definition) is 5. The first-order chi connectivity index (χ1) is 12.3. The van der Waals surface area contributed by atoms with Gasteiger partial charge in [0.2, 0.25) is 6.10 Å². The van der Waals surface area contributed by atoms with E-state index in [1.165, 1.54) is 0 Å². The highest BCUT2D eigenvalue weighted by Crippen LogP contribution is 2.29. The minimum Gasteiger partial charge on any atom is -0.508 e. The number of anilines is 1. The number of carbonyl (C=O) groups is 1. The second kappa shape index (κ2) is 7.35. The normalized spacial score (nSPS) is 17.8. The minimum absolute atomic E-state index is 0.214. The van der Waals surface area contributed by atoms with Crippen LogP contribution in [0.1, 0.15) is 19.4 Å². The highest BCUT2D eigenvalue weighted by Gasteiger charge is 2.34. The molecule has 1 aliphatic rings.